The number of rotatable bonds is 6. The molecular weight excluding hydrogens is 320 g/mol. The smallest absolute Gasteiger partial charge is 0.123 e. The third kappa shape index (κ3) is 4.72. The van der Waals surface area contributed by atoms with Crippen LogP contribution in [0.1, 0.15) is 16.7 Å². The van der Waals surface area contributed by atoms with Gasteiger partial charge in [0.2, 0.25) is 0 Å². The molecule has 0 amide bonds. The Kier molecular flexibility index (Phi) is 5.53. The predicted octanol–water partition coefficient (Wildman–Crippen LogP) is 4.41. The first-order chi connectivity index (χ1) is 12.1. The molecule has 0 aliphatic rings. The van der Waals surface area contributed by atoms with Gasteiger partial charge in [0.25, 0.3) is 0 Å². The molecule has 0 saturated heterocycles. The van der Waals surface area contributed by atoms with Gasteiger partial charge in [-0.3, -0.25) is 0 Å². The summed E-state index contributed by atoms with van der Waals surface area (Å²) >= 11 is 0. The first-order valence-corrected chi connectivity index (χ1v) is 8.09. The average Bonchev–Trinajstić information content (AvgIpc) is 2.63. The van der Waals surface area contributed by atoms with Crippen molar-refractivity contribution >= 4 is 0 Å². The summed E-state index contributed by atoms with van der Waals surface area (Å²) in [5, 5.41) is 12.8. The average molecular weight is 339 g/mol. The van der Waals surface area contributed by atoms with Crippen LogP contribution in [0.2, 0.25) is 0 Å². The highest BCUT2D eigenvalue weighted by Crippen LogP contribution is 2.23. The van der Waals surface area contributed by atoms with E-state index >= 15 is 0 Å². The minimum atomic E-state index is -0.275. The summed E-state index contributed by atoms with van der Waals surface area (Å²) in [5.74, 6) is -0.522. The first kappa shape index (κ1) is 17.3. The molecule has 3 aromatic rings. The fourth-order valence-electron chi connectivity index (χ4n) is 2.72. The maximum absolute atomic E-state index is 13.1. The van der Waals surface area contributed by atoms with E-state index in [0.29, 0.717) is 13.1 Å². The zero-order chi connectivity index (χ0) is 17.6. The van der Waals surface area contributed by atoms with Crippen molar-refractivity contribution in [2.75, 3.05) is 0 Å². The Bertz CT molecular complexity index is 830. The number of aliphatic hydroxyl groups is 1. The number of aliphatic hydroxyl groups excluding tert-OH is 1. The molecule has 0 aromatic heterocycles. The summed E-state index contributed by atoms with van der Waals surface area (Å²) in [4.78, 5) is 0. The summed E-state index contributed by atoms with van der Waals surface area (Å²) in [6, 6.07) is 18.5. The van der Waals surface area contributed by atoms with Crippen LogP contribution in [0.25, 0.3) is 11.1 Å². The van der Waals surface area contributed by atoms with E-state index in [2.05, 4.69) is 5.32 Å². The Hall–Kier alpha value is -2.56. The largest absolute Gasteiger partial charge is 0.392 e. The zero-order valence-corrected chi connectivity index (χ0v) is 13.7. The second-order valence-electron chi connectivity index (χ2n) is 5.93. The fraction of sp³-hybridized carbons (Fsp3) is 0.143. The van der Waals surface area contributed by atoms with E-state index in [4.69, 9.17) is 0 Å². The van der Waals surface area contributed by atoms with Gasteiger partial charge >= 0.3 is 0 Å². The van der Waals surface area contributed by atoms with Crippen molar-refractivity contribution in [3.8, 4) is 11.1 Å². The third-order valence-electron chi connectivity index (χ3n) is 3.98. The van der Waals surface area contributed by atoms with E-state index in [0.717, 1.165) is 27.8 Å². The monoisotopic (exact) mass is 339 g/mol. The molecule has 128 valence electrons. The van der Waals surface area contributed by atoms with Gasteiger partial charge in [-0.25, -0.2) is 8.78 Å². The maximum Gasteiger partial charge on any atom is 0.123 e. The van der Waals surface area contributed by atoms with Gasteiger partial charge in [-0.05, 0) is 64.2 Å². The molecule has 0 aliphatic carbocycles. The second-order valence-corrected chi connectivity index (χ2v) is 5.93. The molecule has 25 heavy (non-hydrogen) atoms. The van der Waals surface area contributed by atoms with Crippen LogP contribution in [0.4, 0.5) is 8.78 Å². The Morgan fingerprint density at radius 2 is 1.20 bits per heavy atom. The lowest BCUT2D eigenvalue weighted by Gasteiger charge is -2.10. The maximum atomic E-state index is 13.1. The van der Waals surface area contributed by atoms with Gasteiger partial charge in [-0.1, -0.05) is 30.3 Å². The molecule has 2 N–H and O–H groups in total. The number of hydrogen-bond acceptors (Lipinski definition) is 2. The van der Waals surface area contributed by atoms with Crippen LogP contribution >= 0.6 is 0 Å². The molecular formula is C21H19F2NO. The Morgan fingerprint density at radius 1 is 0.640 bits per heavy atom. The normalized spacial score (nSPS) is 10.8. The van der Waals surface area contributed by atoms with Crippen LogP contribution in [-0.4, -0.2) is 5.11 Å². The highest BCUT2D eigenvalue weighted by atomic mass is 19.1. The van der Waals surface area contributed by atoms with Crippen molar-refractivity contribution in [2.24, 2.45) is 0 Å². The number of nitrogens with one attached hydrogen (secondary N) is 1. The van der Waals surface area contributed by atoms with Crippen LogP contribution in [0.5, 0.6) is 0 Å². The molecule has 2 nitrogen and oxygen atoms in total. The van der Waals surface area contributed by atoms with E-state index in [-0.39, 0.29) is 18.2 Å². The highest BCUT2D eigenvalue weighted by molar-refractivity contribution is 5.65. The summed E-state index contributed by atoms with van der Waals surface area (Å²) < 4.78 is 26.0. The standard InChI is InChI=1S/C21H19F2NO/c22-20-5-1-15(2-6-20)12-24-13-16-9-17(14-25)11-19(10-16)18-3-7-21(23)8-4-18/h1-11,24-25H,12-14H2. The molecule has 0 radical (unpaired) electrons. The number of hydrogen-bond donors (Lipinski definition) is 2. The van der Waals surface area contributed by atoms with Gasteiger partial charge in [0.05, 0.1) is 6.61 Å². The summed E-state index contributed by atoms with van der Waals surface area (Å²) in [7, 11) is 0. The Morgan fingerprint density at radius 3 is 1.84 bits per heavy atom. The van der Waals surface area contributed by atoms with Crippen molar-refractivity contribution < 1.29 is 13.9 Å². The highest BCUT2D eigenvalue weighted by Gasteiger charge is 2.04. The van der Waals surface area contributed by atoms with Crippen molar-refractivity contribution in [1.29, 1.82) is 0 Å². The SMILES string of the molecule is OCc1cc(CNCc2ccc(F)cc2)cc(-c2ccc(F)cc2)c1. The van der Waals surface area contributed by atoms with Gasteiger partial charge in [0.1, 0.15) is 11.6 Å². The van der Waals surface area contributed by atoms with Crippen LogP contribution in [-0.2, 0) is 19.7 Å². The second kappa shape index (κ2) is 8.01. The third-order valence-corrected chi connectivity index (χ3v) is 3.98. The van der Waals surface area contributed by atoms with Crippen molar-refractivity contribution in [1.82, 2.24) is 5.32 Å². The van der Waals surface area contributed by atoms with Gasteiger partial charge < -0.3 is 10.4 Å². The molecule has 3 aromatic carbocycles. The van der Waals surface area contributed by atoms with Crippen molar-refractivity contribution in [3.05, 3.63) is 95.1 Å². The van der Waals surface area contributed by atoms with Crippen LogP contribution in [0, 0.1) is 11.6 Å². The first-order valence-electron chi connectivity index (χ1n) is 8.09. The molecule has 0 spiro atoms. The minimum Gasteiger partial charge on any atom is -0.392 e. The lowest BCUT2D eigenvalue weighted by Crippen LogP contribution is -2.13. The Balaban J connectivity index is 1.73. The van der Waals surface area contributed by atoms with E-state index < -0.39 is 0 Å². The molecule has 0 bridgehead atoms. The topological polar surface area (TPSA) is 32.3 Å². The van der Waals surface area contributed by atoms with Crippen LogP contribution in [0.15, 0.2) is 66.7 Å². The van der Waals surface area contributed by atoms with Crippen molar-refractivity contribution in [3.63, 3.8) is 0 Å². The van der Waals surface area contributed by atoms with Gasteiger partial charge in [0.15, 0.2) is 0 Å². The summed E-state index contributed by atoms with van der Waals surface area (Å²) in [6.07, 6.45) is 0. The molecule has 0 atom stereocenters. The molecule has 3 rings (SSSR count). The number of halogens is 2. The van der Waals surface area contributed by atoms with Gasteiger partial charge in [-0.2, -0.15) is 0 Å². The van der Waals surface area contributed by atoms with E-state index in [1.165, 1.54) is 24.3 Å². The molecule has 0 aliphatic heterocycles. The summed E-state index contributed by atoms with van der Waals surface area (Å²) in [5.41, 5.74) is 4.66. The Labute approximate surface area is 145 Å². The van der Waals surface area contributed by atoms with Crippen LogP contribution in [0.3, 0.4) is 0 Å². The molecule has 4 heteroatoms. The summed E-state index contributed by atoms with van der Waals surface area (Å²) in [6.45, 7) is 1.18. The zero-order valence-electron chi connectivity index (χ0n) is 13.7. The van der Waals surface area contributed by atoms with Gasteiger partial charge in [-0.15, -0.1) is 0 Å². The van der Waals surface area contributed by atoms with Crippen LogP contribution < -0.4 is 5.32 Å². The lowest BCUT2D eigenvalue weighted by molar-refractivity contribution is 0.282. The van der Waals surface area contributed by atoms with E-state index in [1.54, 1.807) is 24.3 Å². The predicted molar refractivity (Wildman–Crippen MR) is 94.7 cm³/mol. The minimum absolute atomic E-state index is 0.0556. The fourth-order valence-corrected chi connectivity index (χ4v) is 2.72. The van der Waals surface area contributed by atoms with Crippen molar-refractivity contribution in [2.45, 2.75) is 19.7 Å². The number of benzene rings is 3. The molecule has 0 fully saturated rings. The molecule has 0 unspecified atom stereocenters. The lowest BCUT2D eigenvalue weighted by atomic mass is 10.00. The van der Waals surface area contributed by atoms with E-state index in [9.17, 15) is 13.9 Å². The quantitative estimate of drug-likeness (QED) is 0.697. The molecule has 0 heterocycles. The molecule has 0 saturated carbocycles. The van der Waals surface area contributed by atoms with E-state index in [1.807, 2.05) is 18.2 Å². The van der Waals surface area contributed by atoms with Gasteiger partial charge in [0, 0.05) is 13.1 Å².